The highest BCUT2D eigenvalue weighted by atomic mass is 35.5. The van der Waals surface area contributed by atoms with Crippen LogP contribution in [0.5, 0.6) is 5.75 Å². The number of oxazole rings is 1. The molecule has 0 saturated heterocycles. The number of hydrogen-bond donors (Lipinski definition) is 1. The van der Waals surface area contributed by atoms with E-state index in [9.17, 15) is 9.59 Å². The standard InChI is InChI=1S/C31H23ClN2O4/c1-2-37-23-15-12-20(13-16-23)28-19-33-31(38-28)25-11-7-6-10-24(25)30(36)34-27-17-14-22(32)18-26(27)29(35)21-8-4-3-5-9-21/h3-19H,2H2,1H3,(H,34,36). The van der Waals surface area contributed by atoms with Crippen molar-refractivity contribution in [2.45, 2.75) is 6.92 Å². The van der Waals surface area contributed by atoms with Crippen LogP contribution in [0.3, 0.4) is 0 Å². The molecule has 1 amide bonds. The summed E-state index contributed by atoms with van der Waals surface area (Å²) < 4.78 is 11.5. The molecular weight excluding hydrogens is 500 g/mol. The van der Waals surface area contributed by atoms with Gasteiger partial charge in [0.05, 0.1) is 24.1 Å². The number of anilines is 1. The average Bonchev–Trinajstić information content (AvgIpc) is 3.45. The molecule has 0 aliphatic heterocycles. The highest BCUT2D eigenvalue weighted by molar-refractivity contribution is 6.31. The minimum absolute atomic E-state index is 0.246. The molecule has 188 valence electrons. The van der Waals surface area contributed by atoms with Crippen LogP contribution in [-0.4, -0.2) is 23.3 Å². The molecule has 0 atom stereocenters. The molecule has 7 heteroatoms. The summed E-state index contributed by atoms with van der Waals surface area (Å²) in [6, 6.07) is 28.1. The smallest absolute Gasteiger partial charge is 0.256 e. The number of ketones is 1. The first-order valence-electron chi connectivity index (χ1n) is 12.0. The maximum atomic E-state index is 13.4. The number of hydrogen-bond acceptors (Lipinski definition) is 5. The zero-order valence-electron chi connectivity index (χ0n) is 20.5. The Labute approximate surface area is 224 Å². The molecule has 0 unspecified atom stereocenters. The fourth-order valence-corrected chi connectivity index (χ4v) is 4.20. The Morgan fingerprint density at radius 3 is 2.39 bits per heavy atom. The van der Waals surface area contributed by atoms with Crippen LogP contribution in [0.4, 0.5) is 5.69 Å². The minimum atomic E-state index is -0.411. The van der Waals surface area contributed by atoms with Gasteiger partial charge in [0.15, 0.2) is 11.5 Å². The van der Waals surface area contributed by atoms with Crippen molar-refractivity contribution in [2.75, 3.05) is 11.9 Å². The van der Waals surface area contributed by atoms with Crippen molar-refractivity contribution in [1.29, 1.82) is 0 Å². The second-order valence-corrected chi connectivity index (χ2v) is 8.81. The van der Waals surface area contributed by atoms with Crippen LogP contribution in [0.2, 0.25) is 5.02 Å². The number of halogens is 1. The van der Waals surface area contributed by atoms with Crippen molar-refractivity contribution in [2.24, 2.45) is 0 Å². The lowest BCUT2D eigenvalue weighted by Crippen LogP contribution is -2.16. The summed E-state index contributed by atoms with van der Waals surface area (Å²) in [4.78, 5) is 31.0. The topological polar surface area (TPSA) is 81.4 Å². The number of carbonyl (C=O) groups excluding carboxylic acids is 2. The average molecular weight is 523 g/mol. The SMILES string of the molecule is CCOc1ccc(-c2cnc(-c3ccccc3C(=O)Nc3ccc(Cl)cc3C(=O)c3ccccc3)o2)cc1. The number of nitrogens with one attached hydrogen (secondary N) is 1. The largest absolute Gasteiger partial charge is 0.494 e. The highest BCUT2D eigenvalue weighted by Gasteiger charge is 2.20. The summed E-state index contributed by atoms with van der Waals surface area (Å²) >= 11 is 6.19. The molecule has 0 aliphatic rings. The molecule has 0 aliphatic carbocycles. The van der Waals surface area contributed by atoms with Crippen LogP contribution >= 0.6 is 11.6 Å². The molecule has 1 N–H and O–H groups in total. The van der Waals surface area contributed by atoms with E-state index in [-0.39, 0.29) is 5.78 Å². The van der Waals surface area contributed by atoms with Gasteiger partial charge in [-0.25, -0.2) is 4.98 Å². The van der Waals surface area contributed by atoms with Gasteiger partial charge in [0.1, 0.15) is 5.75 Å². The molecule has 1 aromatic heterocycles. The first-order valence-corrected chi connectivity index (χ1v) is 12.4. The van der Waals surface area contributed by atoms with Crippen LogP contribution in [0.25, 0.3) is 22.8 Å². The van der Waals surface area contributed by atoms with Crippen LogP contribution in [0.15, 0.2) is 108 Å². The van der Waals surface area contributed by atoms with Crippen LogP contribution in [0.1, 0.15) is 33.2 Å². The van der Waals surface area contributed by atoms with Gasteiger partial charge in [-0.3, -0.25) is 9.59 Å². The summed E-state index contributed by atoms with van der Waals surface area (Å²) in [5.41, 5.74) is 2.84. The van der Waals surface area contributed by atoms with Crippen LogP contribution < -0.4 is 10.1 Å². The van der Waals surface area contributed by atoms with Crippen molar-refractivity contribution in [3.05, 3.63) is 125 Å². The molecule has 0 radical (unpaired) electrons. The second kappa shape index (κ2) is 11.2. The van der Waals surface area contributed by atoms with Crippen molar-refractivity contribution >= 4 is 29.0 Å². The van der Waals surface area contributed by atoms with Gasteiger partial charge in [-0.15, -0.1) is 0 Å². The Hall–Kier alpha value is -4.68. The lowest BCUT2D eigenvalue weighted by molar-refractivity contribution is 0.102. The Balaban J connectivity index is 1.43. The lowest BCUT2D eigenvalue weighted by atomic mass is 10.0. The van der Waals surface area contributed by atoms with Gasteiger partial charge in [-0.2, -0.15) is 0 Å². The molecule has 0 bridgehead atoms. The highest BCUT2D eigenvalue weighted by Crippen LogP contribution is 2.30. The molecular formula is C31H23ClN2O4. The van der Waals surface area contributed by atoms with Gasteiger partial charge in [0, 0.05) is 27.3 Å². The summed E-state index contributed by atoms with van der Waals surface area (Å²) in [6.45, 7) is 2.52. The van der Waals surface area contributed by atoms with Gasteiger partial charge in [0.25, 0.3) is 5.91 Å². The number of benzene rings is 4. The van der Waals surface area contributed by atoms with E-state index in [2.05, 4.69) is 10.3 Å². The zero-order valence-corrected chi connectivity index (χ0v) is 21.2. The number of amides is 1. The summed E-state index contributed by atoms with van der Waals surface area (Å²) in [6.07, 6.45) is 1.62. The van der Waals surface area contributed by atoms with Gasteiger partial charge in [0.2, 0.25) is 5.89 Å². The third-order valence-electron chi connectivity index (χ3n) is 5.87. The number of rotatable bonds is 8. The molecule has 4 aromatic carbocycles. The molecule has 0 spiro atoms. The van der Waals surface area contributed by atoms with E-state index in [4.69, 9.17) is 20.8 Å². The molecule has 5 rings (SSSR count). The first-order chi connectivity index (χ1) is 18.5. The van der Waals surface area contributed by atoms with Crippen LogP contribution in [0, 0.1) is 0 Å². The quantitative estimate of drug-likeness (QED) is 0.213. The number of nitrogens with zero attached hydrogens (tertiary/aromatic N) is 1. The predicted octanol–water partition coefficient (Wildman–Crippen LogP) is 7.54. The predicted molar refractivity (Wildman–Crippen MR) is 148 cm³/mol. The van der Waals surface area contributed by atoms with E-state index in [1.54, 1.807) is 72.9 Å². The Kier molecular flexibility index (Phi) is 7.33. The van der Waals surface area contributed by atoms with E-state index >= 15 is 0 Å². The summed E-state index contributed by atoms with van der Waals surface area (Å²) in [7, 11) is 0. The second-order valence-electron chi connectivity index (χ2n) is 8.37. The third-order valence-corrected chi connectivity index (χ3v) is 6.10. The van der Waals surface area contributed by atoms with Crippen LogP contribution in [-0.2, 0) is 0 Å². The Morgan fingerprint density at radius 1 is 0.895 bits per heavy atom. The Bertz CT molecular complexity index is 1590. The van der Waals surface area contributed by atoms with Crippen molar-refractivity contribution < 1.29 is 18.7 Å². The van der Waals surface area contributed by atoms with E-state index in [1.807, 2.05) is 37.3 Å². The van der Waals surface area contributed by atoms with E-state index < -0.39 is 5.91 Å². The zero-order chi connectivity index (χ0) is 26.5. The van der Waals surface area contributed by atoms with Crippen molar-refractivity contribution in [3.63, 3.8) is 0 Å². The Morgan fingerprint density at radius 2 is 1.63 bits per heavy atom. The van der Waals surface area contributed by atoms with Gasteiger partial charge >= 0.3 is 0 Å². The van der Waals surface area contributed by atoms with Gasteiger partial charge < -0.3 is 14.5 Å². The van der Waals surface area contributed by atoms with Gasteiger partial charge in [-0.05, 0) is 61.5 Å². The summed E-state index contributed by atoms with van der Waals surface area (Å²) in [5.74, 6) is 0.976. The molecule has 0 saturated carbocycles. The minimum Gasteiger partial charge on any atom is -0.494 e. The lowest BCUT2D eigenvalue weighted by Gasteiger charge is -2.12. The van der Waals surface area contributed by atoms with E-state index in [0.717, 1.165) is 11.3 Å². The first kappa shape index (κ1) is 25.0. The normalized spacial score (nSPS) is 10.7. The molecule has 5 aromatic rings. The molecule has 0 fully saturated rings. The number of ether oxygens (including phenoxy) is 1. The maximum absolute atomic E-state index is 13.4. The fraction of sp³-hybridized carbons (Fsp3) is 0.0645. The van der Waals surface area contributed by atoms with E-state index in [0.29, 0.717) is 51.2 Å². The molecule has 38 heavy (non-hydrogen) atoms. The van der Waals surface area contributed by atoms with Crippen molar-refractivity contribution in [1.82, 2.24) is 4.98 Å². The van der Waals surface area contributed by atoms with Crippen molar-refractivity contribution in [3.8, 4) is 28.5 Å². The summed E-state index contributed by atoms with van der Waals surface area (Å²) in [5, 5.41) is 3.26. The fourth-order valence-electron chi connectivity index (χ4n) is 4.03. The monoisotopic (exact) mass is 522 g/mol. The number of carbonyl (C=O) groups is 2. The molecule has 1 heterocycles. The van der Waals surface area contributed by atoms with E-state index in [1.165, 1.54) is 0 Å². The molecule has 6 nitrogen and oxygen atoms in total. The number of aromatic nitrogens is 1. The third kappa shape index (κ3) is 5.36. The van der Waals surface area contributed by atoms with Gasteiger partial charge in [-0.1, -0.05) is 54.1 Å². The maximum Gasteiger partial charge on any atom is 0.256 e.